The molecule has 3 rings (SSSR count). The van der Waals surface area contributed by atoms with Gasteiger partial charge in [-0.1, -0.05) is 24.3 Å². The molecule has 1 aromatic carbocycles. The van der Waals surface area contributed by atoms with E-state index in [0.29, 0.717) is 11.3 Å². The number of pyridine rings is 1. The van der Waals surface area contributed by atoms with E-state index in [2.05, 4.69) is 10.3 Å². The fraction of sp³-hybridized carbons (Fsp3) is 0.0625. The van der Waals surface area contributed by atoms with E-state index in [0.717, 1.165) is 5.69 Å². The van der Waals surface area contributed by atoms with Crippen molar-refractivity contribution < 1.29 is 4.79 Å². The van der Waals surface area contributed by atoms with Gasteiger partial charge >= 0.3 is 0 Å². The fourth-order valence-electron chi connectivity index (χ4n) is 2.15. The van der Waals surface area contributed by atoms with Crippen LogP contribution in [0.4, 0.5) is 5.69 Å². The Labute approximate surface area is 120 Å². The molecule has 0 radical (unpaired) electrons. The molecular formula is C16H13N3O2. The number of amides is 1. The lowest BCUT2D eigenvalue weighted by molar-refractivity contribution is 0.102. The lowest BCUT2D eigenvalue weighted by atomic mass is 10.2. The molecule has 104 valence electrons. The van der Waals surface area contributed by atoms with Crippen LogP contribution in [-0.4, -0.2) is 15.3 Å². The first kappa shape index (κ1) is 13.1. The number of carbonyl (C=O) groups excluding carboxylic acids is 1. The molecule has 2 aromatic heterocycles. The highest BCUT2D eigenvalue weighted by Gasteiger charge is 2.14. The predicted molar refractivity (Wildman–Crippen MR) is 80.6 cm³/mol. The summed E-state index contributed by atoms with van der Waals surface area (Å²) >= 11 is 0. The van der Waals surface area contributed by atoms with Crippen LogP contribution in [0.5, 0.6) is 0 Å². The molecule has 3 aromatic rings. The maximum absolute atomic E-state index is 12.4. The Morgan fingerprint density at radius 2 is 1.86 bits per heavy atom. The minimum Gasteiger partial charge on any atom is -0.322 e. The standard InChI is InChI=1S/C16H13N3O2/c1-11-6-5-9-14-17-10-13(16(21)19(11)14)15(20)18-12-7-3-2-4-8-12/h2-10H,1H3,(H,18,20). The number of nitrogens with zero attached hydrogens (tertiary/aromatic N) is 2. The van der Waals surface area contributed by atoms with Crippen molar-refractivity contribution in [3.8, 4) is 0 Å². The van der Waals surface area contributed by atoms with Crippen LogP contribution in [0.3, 0.4) is 0 Å². The van der Waals surface area contributed by atoms with E-state index in [9.17, 15) is 9.59 Å². The number of benzene rings is 1. The maximum Gasteiger partial charge on any atom is 0.270 e. The second-order valence-electron chi connectivity index (χ2n) is 4.66. The van der Waals surface area contributed by atoms with E-state index >= 15 is 0 Å². The summed E-state index contributed by atoms with van der Waals surface area (Å²) < 4.78 is 1.43. The number of aromatic nitrogens is 2. The van der Waals surface area contributed by atoms with Crippen molar-refractivity contribution >= 4 is 17.2 Å². The zero-order valence-electron chi connectivity index (χ0n) is 11.4. The average Bonchev–Trinajstić information content (AvgIpc) is 2.48. The number of hydrogen-bond acceptors (Lipinski definition) is 3. The van der Waals surface area contributed by atoms with Crippen molar-refractivity contribution in [2.45, 2.75) is 6.92 Å². The van der Waals surface area contributed by atoms with Crippen molar-refractivity contribution in [3.63, 3.8) is 0 Å². The molecule has 2 heterocycles. The summed E-state index contributed by atoms with van der Waals surface area (Å²) in [4.78, 5) is 28.8. The van der Waals surface area contributed by atoms with Crippen molar-refractivity contribution in [1.82, 2.24) is 9.38 Å². The Kier molecular flexibility index (Phi) is 3.23. The van der Waals surface area contributed by atoms with Crippen molar-refractivity contribution in [2.75, 3.05) is 5.32 Å². The van der Waals surface area contributed by atoms with E-state index in [1.165, 1.54) is 10.6 Å². The summed E-state index contributed by atoms with van der Waals surface area (Å²) in [5.41, 5.74) is 1.55. The third-order valence-electron chi connectivity index (χ3n) is 3.20. The van der Waals surface area contributed by atoms with Crippen LogP contribution in [0.1, 0.15) is 16.1 Å². The Morgan fingerprint density at radius 3 is 2.62 bits per heavy atom. The van der Waals surface area contributed by atoms with Crippen LogP contribution in [0.15, 0.2) is 59.5 Å². The second-order valence-corrected chi connectivity index (χ2v) is 4.66. The van der Waals surface area contributed by atoms with Gasteiger partial charge in [0.15, 0.2) is 0 Å². The molecule has 5 heteroatoms. The predicted octanol–water partition coefficient (Wildman–Crippen LogP) is 2.26. The van der Waals surface area contributed by atoms with E-state index in [-0.39, 0.29) is 11.1 Å². The summed E-state index contributed by atoms with van der Waals surface area (Å²) in [6.45, 7) is 1.80. The van der Waals surface area contributed by atoms with Crippen LogP contribution in [0, 0.1) is 6.92 Å². The first-order valence-electron chi connectivity index (χ1n) is 6.50. The lowest BCUT2D eigenvalue weighted by Crippen LogP contribution is -2.27. The van der Waals surface area contributed by atoms with Gasteiger partial charge in [0, 0.05) is 17.6 Å². The topological polar surface area (TPSA) is 63.5 Å². The van der Waals surface area contributed by atoms with Crippen molar-refractivity contribution in [1.29, 1.82) is 0 Å². The molecule has 0 saturated heterocycles. The zero-order valence-corrected chi connectivity index (χ0v) is 11.4. The number of anilines is 1. The Balaban J connectivity index is 2.05. The highest BCUT2D eigenvalue weighted by Crippen LogP contribution is 2.07. The van der Waals surface area contributed by atoms with E-state index in [1.54, 1.807) is 31.2 Å². The van der Waals surface area contributed by atoms with E-state index in [4.69, 9.17) is 0 Å². The molecule has 1 amide bonds. The minimum absolute atomic E-state index is 0.0191. The Bertz CT molecular complexity index is 870. The van der Waals surface area contributed by atoms with Crippen LogP contribution in [0.25, 0.3) is 5.65 Å². The highest BCUT2D eigenvalue weighted by atomic mass is 16.2. The molecule has 0 saturated carbocycles. The summed E-state index contributed by atoms with van der Waals surface area (Å²) in [5.74, 6) is -0.462. The molecule has 0 atom stereocenters. The molecular weight excluding hydrogens is 266 g/mol. The lowest BCUT2D eigenvalue weighted by Gasteiger charge is -2.07. The minimum atomic E-state index is -0.462. The molecule has 0 fully saturated rings. The molecule has 0 aliphatic carbocycles. The van der Waals surface area contributed by atoms with Gasteiger partial charge in [-0.15, -0.1) is 0 Å². The molecule has 1 N–H and O–H groups in total. The Hall–Kier alpha value is -2.95. The first-order chi connectivity index (χ1) is 10.2. The number of hydrogen-bond donors (Lipinski definition) is 1. The van der Waals surface area contributed by atoms with Crippen molar-refractivity contribution in [3.05, 3.63) is 76.3 Å². The molecule has 0 unspecified atom stereocenters. The monoisotopic (exact) mass is 279 g/mol. The SMILES string of the molecule is Cc1cccc2ncc(C(=O)Nc3ccccc3)c(=O)n12. The highest BCUT2D eigenvalue weighted by molar-refractivity contribution is 6.03. The third kappa shape index (κ3) is 2.41. The van der Waals surface area contributed by atoms with Gasteiger partial charge in [0.2, 0.25) is 0 Å². The average molecular weight is 279 g/mol. The zero-order chi connectivity index (χ0) is 14.8. The molecule has 0 aliphatic heterocycles. The van der Waals surface area contributed by atoms with E-state index in [1.807, 2.05) is 24.3 Å². The van der Waals surface area contributed by atoms with Gasteiger partial charge in [0.1, 0.15) is 11.2 Å². The van der Waals surface area contributed by atoms with E-state index < -0.39 is 5.91 Å². The fourth-order valence-corrected chi connectivity index (χ4v) is 2.15. The normalized spacial score (nSPS) is 10.5. The number of aryl methyl sites for hydroxylation is 1. The molecule has 0 bridgehead atoms. The number of rotatable bonds is 2. The summed E-state index contributed by atoms with van der Waals surface area (Å²) in [6.07, 6.45) is 1.31. The number of nitrogens with one attached hydrogen (secondary N) is 1. The van der Waals surface area contributed by atoms with Crippen LogP contribution < -0.4 is 10.9 Å². The van der Waals surface area contributed by atoms with Gasteiger partial charge < -0.3 is 5.32 Å². The summed E-state index contributed by atoms with van der Waals surface area (Å²) in [7, 11) is 0. The number of fused-ring (bicyclic) bond motifs is 1. The maximum atomic E-state index is 12.4. The third-order valence-corrected chi connectivity index (χ3v) is 3.20. The Morgan fingerprint density at radius 1 is 1.10 bits per heavy atom. The molecule has 0 spiro atoms. The first-order valence-corrected chi connectivity index (χ1v) is 6.50. The van der Waals surface area contributed by atoms with Crippen LogP contribution in [0.2, 0.25) is 0 Å². The number of carbonyl (C=O) groups is 1. The molecule has 5 nitrogen and oxygen atoms in total. The van der Waals surface area contributed by atoms with Gasteiger partial charge in [0.05, 0.1) is 0 Å². The quantitative estimate of drug-likeness (QED) is 0.782. The van der Waals surface area contributed by atoms with Gasteiger partial charge in [-0.3, -0.25) is 14.0 Å². The summed E-state index contributed by atoms with van der Waals surface area (Å²) in [6, 6.07) is 14.3. The van der Waals surface area contributed by atoms with Crippen LogP contribution >= 0.6 is 0 Å². The van der Waals surface area contributed by atoms with Crippen molar-refractivity contribution in [2.24, 2.45) is 0 Å². The second kappa shape index (κ2) is 5.20. The smallest absolute Gasteiger partial charge is 0.270 e. The van der Waals surface area contributed by atoms with Gasteiger partial charge in [-0.25, -0.2) is 4.98 Å². The largest absolute Gasteiger partial charge is 0.322 e. The van der Waals surface area contributed by atoms with Gasteiger partial charge in [-0.2, -0.15) is 0 Å². The molecule has 0 aliphatic rings. The number of para-hydroxylation sites is 1. The van der Waals surface area contributed by atoms with Gasteiger partial charge in [0.25, 0.3) is 11.5 Å². The summed E-state index contributed by atoms with van der Waals surface area (Å²) in [5, 5.41) is 2.69. The van der Waals surface area contributed by atoms with Gasteiger partial charge in [-0.05, 0) is 31.2 Å². The van der Waals surface area contributed by atoms with Crippen LogP contribution in [-0.2, 0) is 0 Å². The molecule has 21 heavy (non-hydrogen) atoms.